The number of nitrogens with zero attached hydrogens (tertiary/aromatic N) is 4. The molecule has 2 amide bonds. The van der Waals surface area contributed by atoms with Crippen LogP contribution in [0.1, 0.15) is 23.2 Å². The molecule has 0 radical (unpaired) electrons. The molecule has 2 aliphatic heterocycles. The Bertz CT molecular complexity index is 1270. The number of benzene rings is 1. The normalized spacial score (nSPS) is 18.7. The number of fused-ring (bicyclic) bond motifs is 1. The van der Waals surface area contributed by atoms with Gasteiger partial charge < -0.3 is 30.3 Å². The van der Waals surface area contributed by atoms with Crippen LogP contribution in [-0.4, -0.2) is 95.4 Å². The standard InChI is InChI=1S/C26H31Cl2N7O2/c1-33-7-9-34(10-8-33)26(37)22-14-31-25-21(4-5-29-25)24(22)32-19-3-2-6-35(16-19)23(36)15-30-20-12-17(27)11-18(28)13-20/h4-5,11-14,19,30H,2-3,6-10,15-16H2,1H3,(H2,29,31,32). The highest BCUT2D eigenvalue weighted by Gasteiger charge is 2.28. The van der Waals surface area contributed by atoms with E-state index in [9.17, 15) is 9.59 Å². The second-order valence-corrected chi connectivity index (χ2v) is 10.6. The average Bonchev–Trinajstić information content (AvgIpc) is 3.37. The summed E-state index contributed by atoms with van der Waals surface area (Å²) in [6, 6.07) is 7.09. The van der Waals surface area contributed by atoms with E-state index in [2.05, 4.69) is 32.5 Å². The number of anilines is 2. The molecule has 0 bridgehead atoms. The van der Waals surface area contributed by atoms with Crippen LogP contribution in [0.3, 0.4) is 0 Å². The Kier molecular flexibility index (Phi) is 7.73. The number of piperazine rings is 1. The molecule has 1 aromatic carbocycles. The number of piperidine rings is 1. The fourth-order valence-electron chi connectivity index (χ4n) is 4.98. The molecule has 0 spiro atoms. The summed E-state index contributed by atoms with van der Waals surface area (Å²) >= 11 is 12.1. The van der Waals surface area contributed by atoms with Gasteiger partial charge in [-0.25, -0.2) is 4.98 Å². The molecule has 2 fully saturated rings. The van der Waals surface area contributed by atoms with Crippen LogP contribution in [-0.2, 0) is 4.79 Å². The SMILES string of the molecule is CN1CCN(C(=O)c2cnc3[nH]ccc3c2NC2CCCN(C(=O)CNc3cc(Cl)cc(Cl)c3)C2)CC1. The number of hydrogen-bond donors (Lipinski definition) is 3. The first-order valence-corrected chi connectivity index (χ1v) is 13.3. The Morgan fingerprint density at radius 3 is 2.59 bits per heavy atom. The van der Waals surface area contributed by atoms with Gasteiger partial charge in [-0.2, -0.15) is 0 Å². The van der Waals surface area contributed by atoms with Gasteiger partial charge in [-0.3, -0.25) is 9.59 Å². The zero-order valence-corrected chi connectivity index (χ0v) is 22.3. The van der Waals surface area contributed by atoms with Crippen molar-refractivity contribution < 1.29 is 9.59 Å². The maximum atomic E-state index is 13.5. The lowest BCUT2D eigenvalue weighted by Gasteiger charge is -2.35. The number of amides is 2. The largest absolute Gasteiger partial charge is 0.379 e. The summed E-state index contributed by atoms with van der Waals surface area (Å²) in [5.41, 5.74) is 2.78. The molecular formula is C26H31Cl2N7O2. The van der Waals surface area contributed by atoms with Crippen molar-refractivity contribution >= 4 is 57.4 Å². The van der Waals surface area contributed by atoms with Gasteiger partial charge >= 0.3 is 0 Å². The molecule has 3 aromatic rings. The first-order valence-electron chi connectivity index (χ1n) is 12.6. The van der Waals surface area contributed by atoms with E-state index < -0.39 is 0 Å². The molecule has 4 heterocycles. The average molecular weight is 544 g/mol. The lowest BCUT2D eigenvalue weighted by atomic mass is 10.0. The molecule has 37 heavy (non-hydrogen) atoms. The fourth-order valence-corrected chi connectivity index (χ4v) is 5.50. The summed E-state index contributed by atoms with van der Waals surface area (Å²) in [6.45, 7) is 4.47. The van der Waals surface area contributed by atoms with Crippen molar-refractivity contribution in [1.29, 1.82) is 0 Å². The Morgan fingerprint density at radius 1 is 1.08 bits per heavy atom. The first kappa shape index (κ1) is 25.6. The van der Waals surface area contributed by atoms with Crippen molar-refractivity contribution in [3.05, 3.63) is 52.3 Å². The number of carbonyl (C=O) groups excluding carboxylic acids is 2. The maximum absolute atomic E-state index is 13.5. The Hall–Kier alpha value is -3.01. The minimum absolute atomic E-state index is 0.00199. The summed E-state index contributed by atoms with van der Waals surface area (Å²) in [6.07, 6.45) is 5.26. The van der Waals surface area contributed by atoms with E-state index >= 15 is 0 Å². The molecule has 11 heteroatoms. The minimum atomic E-state index is -0.0145. The number of hydrogen-bond acceptors (Lipinski definition) is 6. The minimum Gasteiger partial charge on any atom is -0.379 e. The van der Waals surface area contributed by atoms with Gasteiger partial charge in [0.15, 0.2) is 0 Å². The second-order valence-electron chi connectivity index (χ2n) is 9.72. The molecule has 0 aliphatic carbocycles. The highest BCUT2D eigenvalue weighted by atomic mass is 35.5. The van der Waals surface area contributed by atoms with E-state index in [1.54, 1.807) is 24.4 Å². The van der Waals surface area contributed by atoms with E-state index in [1.165, 1.54) is 0 Å². The van der Waals surface area contributed by atoms with Crippen molar-refractivity contribution in [3.63, 3.8) is 0 Å². The van der Waals surface area contributed by atoms with Crippen LogP contribution in [0.15, 0.2) is 36.7 Å². The van der Waals surface area contributed by atoms with E-state index in [4.69, 9.17) is 23.2 Å². The van der Waals surface area contributed by atoms with E-state index in [1.807, 2.05) is 22.1 Å². The molecule has 2 saturated heterocycles. The van der Waals surface area contributed by atoms with Crippen LogP contribution in [0.2, 0.25) is 10.0 Å². The second kappa shape index (κ2) is 11.2. The maximum Gasteiger partial charge on any atom is 0.257 e. The predicted molar refractivity (Wildman–Crippen MR) is 148 cm³/mol. The highest BCUT2D eigenvalue weighted by molar-refractivity contribution is 6.35. The Morgan fingerprint density at radius 2 is 1.84 bits per heavy atom. The van der Waals surface area contributed by atoms with Crippen LogP contribution in [0.25, 0.3) is 11.0 Å². The third-order valence-corrected chi connectivity index (χ3v) is 7.47. The van der Waals surface area contributed by atoms with E-state index in [0.717, 1.165) is 42.7 Å². The van der Waals surface area contributed by atoms with Crippen molar-refractivity contribution in [3.8, 4) is 0 Å². The fraction of sp³-hybridized carbons (Fsp3) is 0.423. The molecule has 1 unspecified atom stereocenters. The number of halogens is 2. The van der Waals surface area contributed by atoms with Gasteiger partial charge in [-0.1, -0.05) is 23.2 Å². The highest BCUT2D eigenvalue weighted by Crippen LogP contribution is 2.29. The third kappa shape index (κ3) is 5.95. The van der Waals surface area contributed by atoms with E-state index in [0.29, 0.717) is 47.5 Å². The van der Waals surface area contributed by atoms with Crippen molar-refractivity contribution in [2.75, 3.05) is 63.5 Å². The van der Waals surface area contributed by atoms with Gasteiger partial charge in [0, 0.05) is 78.8 Å². The lowest BCUT2D eigenvalue weighted by Crippen LogP contribution is -2.48. The summed E-state index contributed by atoms with van der Waals surface area (Å²) in [5, 5.41) is 8.64. The van der Waals surface area contributed by atoms with E-state index in [-0.39, 0.29) is 24.4 Å². The van der Waals surface area contributed by atoms with Crippen molar-refractivity contribution in [1.82, 2.24) is 24.7 Å². The predicted octanol–water partition coefficient (Wildman–Crippen LogP) is 3.77. The number of pyridine rings is 1. The number of likely N-dealkylation sites (N-methyl/N-ethyl adjacent to an activating group) is 1. The molecule has 9 nitrogen and oxygen atoms in total. The van der Waals surface area contributed by atoms with Crippen LogP contribution in [0.5, 0.6) is 0 Å². The first-order chi connectivity index (χ1) is 17.9. The summed E-state index contributed by atoms with van der Waals surface area (Å²) in [5.74, 6) is -0.0165. The number of H-pyrrole nitrogens is 1. The molecule has 196 valence electrons. The van der Waals surface area contributed by atoms with Crippen molar-refractivity contribution in [2.24, 2.45) is 0 Å². The van der Waals surface area contributed by atoms with Gasteiger partial charge in [0.2, 0.25) is 5.91 Å². The number of aromatic nitrogens is 2. The van der Waals surface area contributed by atoms with Gasteiger partial charge in [0.1, 0.15) is 5.65 Å². The van der Waals surface area contributed by atoms with Crippen LogP contribution in [0.4, 0.5) is 11.4 Å². The number of nitrogens with one attached hydrogen (secondary N) is 3. The van der Waals surface area contributed by atoms with Gasteiger partial charge in [0.25, 0.3) is 5.91 Å². The number of carbonyl (C=O) groups is 2. The topological polar surface area (TPSA) is 96.6 Å². The molecule has 3 N–H and O–H groups in total. The number of rotatable bonds is 6. The van der Waals surface area contributed by atoms with Gasteiger partial charge in [0.05, 0.1) is 17.8 Å². The molecule has 2 aromatic heterocycles. The summed E-state index contributed by atoms with van der Waals surface area (Å²) in [4.78, 5) is 40.1. The smallest absolute Gasteiger partial charge is 0.257 e. The third-order valence-electron chi connectivity index (χ3n) is 7.04. The quantitative estimate of drug-likeness (QED) is 0.438. The number of likely N-dealkylation sites (tertiary alicyclic amines) is 1. The molecular weight excluding hydrogens is 513 g/mol. The zero-order valence-electron chi connectivity index (χ0n) is 20.8. The zero-order chi connectivity index (χ0) is 25.9. The molecule has 0 saturated carbocycles. The molecule has 2 aliphatic rings. The van der Waals surface area contributed by atoms with Crippen LogP contribution < -0.4 is 10.6 Å². The monoisotopic (exact) mass is 543 g/mol. The molecule has 5 rings (SSSR count). The lowest BCUT2D eigenvalue weighted by molar-refractivity contribution is -0.130. The molecule has 1 atom stereocenters. The number of aromatic amines is 1. The summed E-state index contributed by atoms with van der Waals surface area (Å²) in [7, 11) is 2.07. The Balaban J connectivity index is 1.29. The Labute approximate surface area is 226 Å². The summed E-state index contributed by atoms with van der Waals surface area (Å²) < 4.78 is 0. The van der Waals surface area contributed by atoms with Gasteiger partial charge in [-0.05, 0) is 44.2 Å². The van der Waals surface area contributed by atoms with Crippen molar-refractivity contribution in [2.45, 2.75) is 18.9 Å². The van der Waals surface area contributed by atoms with Gasteiger partial charge in [-0.15, -0.1) is 0 Å². The van der Waals surface area contributed by atoms with Crippen LogP contribution in [0, 0.1) is 0 Å². The van der Waals surface area contributed by atoms with Crippen LogP contribution >= 0.6 is 23.2 Å².